The van der Waals surface area contributed by atoms with Gasteiger partial charge in [0.25, 0.3) is 0 Å². The molecule has 0 amide bonds. The molecule has 0 heterocycles. The summed E-state index contributed by atoms with van der Waals surface area (Å²) in [6.07, 6.45) is 8.91. The fourth-order valence-corrected chi connectivity index (χ4v) is 3.53. The summed E-state index contributed by atoms with van der Waals surface area (Å²) >= 11 is 0. The van der Waals surface area contributed by atoms with Crippen molar-refractivity contribution in [1.82, 2.24) is 0 Å². The number of aliphatic hydroxyl groups is 4. The molecule has 4 atom stereocenters. The Kier molecular flexibility index (Phi) is 19.0. The van der Waals surface area contributed by atoms with Crippen molar-refractivity contribution in [1.29, 1.82) is 0 Å². The molecule has 0 spiro atoms. The van der Waals surface area contributed by atoms with Crippen LogP contribution in [0.15, 0.2) is 0 Å². The first-order chi connectivity index (χ1) is 14.9. The number of ketones is 1. The zero-order valence-electron chi connectivity index (χ0n) is 19.6. The predicted molar refractivity (Wildman–Crippen MR) is 121 cm³/mol. The topological polar surface area (TPSA) is 124 Å². The summed E-state index contributed by atoms with van der Waals surface area (Å²) in [4.78, 5) is 24.1. The van der Waals surface area contributed by atoms with Crippen LogP contribution in [0.5, 0.6) is 0 Å². The Morgan fingerprint density at radius 1 is 0.710 bits per heavy atom. The van der Waals surface area contributed by atoms with Crippen molar-refractivity contribution in [3.05, 3.63) is 0 Å². The third-order valence-corrected chi connectivity index (χ3v) is 5.65. The third kappa shape index (κ3) is 14.6. The van der Waals surface area contributed by atoms with Gasteiger partial charge < -0.3 is 25.2 Å². The number of hydrogen-bond donors (Lipinski definition) is 4. The molecular formula is C24H46O7. The zero-order valence-corrected chi connectivity index (χ0v) is 19.6. The van der Waals surface area contributed by atoms with Gasteiger partial charge in [-0.25, -0.2) is 0 Å². The first-order valence-corrected chi connectivity index (χ1v) is 12.3. The number of carbonyl (C=O) groups is 2. The van der Waals surface area contributed by atoms with Crippen molar-refractivity contribution in [2.24, 2.45) is 0 Å². The van der Waals surface area contributed by atoms with Crippen LogP contribution in [-0.4, -0.2) is 63.2 Å². The number of Topliss-reactive ketones (excluding diaryl/α,β-unsaturated/α-hetero) is 1. The van der Waals surface area contributed by atoms with Gasteiger partial charge in [0.2, 0.25) is 0 Å². The molecule has 4 N–H and O–H groups in total. The van der Waals surface area contributed by atoms with E-state index < -0.39 is 42.8 Å². The first-order valence-electron chi connectivity index (χ1n) is 12.3. The van der Waals surface area contributed by atoms with Crippen LogP contribution in [0.4, 0.5) is 0 Å². The van der Waals surface area contributed by atoms with E-state index in [2.05, 4.69) is 6.92 Å². The Morgan fingerprint density at radius 3 is 1.58 bits per heavy atom. The molecule has 0 aromatic rings. The Bertz CT molecular complexity index is 455. The molecule has 0 bridgehead atoms. The van der Waals surface area contributed by atoms with E-state index in [-0.39, 0.29) is 12.8 Å². The number of esters is 1. The third-order valence-electron chi connectivity index (χ3n) is 5.65. The highest BCUT2D eigenvalue weighted by Crippen LogP contribution is 2.15. The lowest BCUT2D eigenvalue weighted by molar-refractivity contribution is -0.172. The van der Waals surface area contributed by atoms with Gasteiger partial charge in [-0.3, -0.25) is 9.59 Å². The summed E-state index contributed by atoms with van der Waals surface area (Å²) in [6.45, 7) is 3.01. The number of unbranched alkanes of at least 4 members (excludes halogenated alkanes) is 12. The molecule has 7 heteroatoms. The average Bonchev–Trinajstić information content (AvgIpc) is 2.78. The smallest absolute Gasteiger partial charge is 0.306 e. The summed E-state index contributed by atoms with van der Waals surface area (Å²) in [5, 5.41) is 38.2. The second-order valence-electron chi connectivity index (χ2n) is 8.45. The predicted octanol–water partition coefficient (Wildman–Crippen LogP) is 3.43. The molecule has 0 aliphatic heterocycles. The SMILES string of the molecule is CCCCCCCCCCCCCCCC(=O)O[C@@H](C(=O)CC)[C@@H](O)[C@H](O)[C@H](O)CO. The lowest BCUT2D eigenvalue weighted by atomic mass is 9.99. The van der Waals surface area contributed by atoms with E-state index in [0.29, 0.717) is 6.42 Å². The minimum Gasteiger partial charge on any atom is -0.451 e. The van der Waals surface area contributed by atoms with E-state index in [4.69, 9.17) is 9.84 Å². The fourth-order valence-electron chi connectivity index (χ4n) is 3.53. The van der Waals surface area contributed by atoms with Gasteiger partial charge in [-0.15, -0.1) is 0 Å². The van der Waals surface area contributed by atoms with Gasteiger partial charge in [-0.1, -0.05) is 90.9 Å². The van der Waals surface area contributed by atoms with E-state index in [1.165, 1.54) is 57.8 Å². The van der Waals surface area contributed by atoms with Crippen molar-refractivity contribution in [2.75, 3.05) is 6.61 Å². The van der Waals surface area contributed by atoms with Gasteiger partial charge >= 0.3 is 5.97 Å². The van der Waals surface area contributed by atoms with Crippen LogP contribution in [0.1, 0.15) is 110 Å². The van der Waals surface area contributed by atoms with Crippen LogP contribution in [0, 0.1) is 0 Å². The first kappa shape index (κ1) is 30.0. The Morgan fingerprint density at radius 2 is 1.16 bits per heavy atom. The van der Waals surface area contributed by atoms with Gasteiger partial charge in [0.1, 0.15) is 18.3 Å². The molecule has 0 aliphatic rings. The summed E-state index contributed by atoms with van der Waals surface area (Å²) in [6, 6.07) is 0. The molecule has 0 rings (SSSR count). The van der Waals surface area contributed by atoms with Crippen molar-refractivity contribution in [3.63, 3.8) is 0 Å². The van der Waals surface area contributed by atoms with Crippen molar-refractivity contribution in [3.8, 4) is 0 Å². The standard InChI is InChI=1S/C24H46O7/c1-3-5-6-7-8-9-10-11-12-13-14-15-16-17-21(28)31-24(19(26)4-2)23(30)22(29)20(27)18-25/h20,22-25,27,29-30H,3-18H2,1-2H3/t20-,22-,23+,24+/m1/s1. The van der Waals surface area contributed by atoms with E-state index in [9.17, 15) is 24.9 Å². The van der Waals surface area contributed by atoms with Gasteiger partial charge in [0.15, 0.2) is 11.9 Å². The van der Waals surface area contributed by atoms with Crippen LogP contribution in [0.25, 0.3) is 0 Å². The molecule has 0 unspecified atom stereocenters. The number of aliphatic hydroxyl groups excluding tert-OH is 4. The number of rotatable bonds is 21. The molecule has 0 aromatic carbocycles. The molecule has 0 fully saturated rings. The highest BCUT2D eigenvalue weighted by Gasteiger charge is 2.37. The maximum Gasteiger partial charge on any atom is 0.306 e. The molecule has 0 saturated heterocycles. The lowest BCUT2D eigenvalue weighted by Gasteiger charge is -2.27. The Labute approximate surface area is 188 Å². The maximum atomic E-state index is 12.1. The van der Waals surface area contributed by atoms with E-state index in [0.717, 1.165) is 19.3 Å². The van der Waals surface area contributed by atoms with Crippen LogP contribution < -0.4 is 0 Å². The molecule has 0 aliphatic carbocycles. The van der Waals surface area contributed by atoms with E-state index >= 15 is 0 Å². The van der Waals surface area contributed by atoms with Gasteiger partial charge in [0, 0.05) is 12.8 Å². The number of ether oxygens (including phenoxy) is 1. The van der Waals surface area contributed by atoms with Gasteiger partial charge in [-0.2, -0.15) is 0 Å². The molecule has 31 heavy (non-hydrogen) atoms. The molecule has 0 saturated carbocycles. The Balaban J connectivity index is 3.95. The second kappa shape index (κ2) is 19.6. The van der Waals surface area contributed by atoms with Gasteiger partial charge in [0.05, 0.1) is 6.61 Å². The summed E-state index contributed by atoms with van der Waals surface area (Å²) in [7, 11) is 0. The summed E-state index contributed by atoms with van der Waals surface area (Å²) in [5.41, 5.74) is 0. The number of hydrogen-bond acceptors (Lipinski definition) is 7. The van der Waals surface area contributed by atoms with Crippen LogP contribution in [-0.2, 0) is 14.3 Å². The van der Waals surface area contributed by atoms with Crippen LogP contribution in [0.3, 0.4) is 0 Å². The van der Waals surface area contributed by atoms with E-state index in [1.54, 1.807) is 6.92 Å². The average molecular weight is 447 g/mol. The maximum absolute atomic E-state index is 12.1. The van der Waals surface area contributed by atoms with Crippen molar-refractivity contribution in [2.45, 2.75) is 135 Å². The monoisotopic (exact) mass is 446 g/mol. The van der Waals surface area contributed by atoms with Crippen molar-refractivity contribution >= 4 is 11.8 Å². The largest absolute Gasteiger partial charge is 0.451 e. The molecule has 0 aromatic heterocycles. The second-order valence-corrected chi connectivity index (χ2v) is 8.45. The van der Waals surface area contributed by atoms with Crippen LogP contribution >= 0.6 is 0 Å². The molecular weight excluding hydrogens is 400 g/mol. The fraction of sp³-hybridized carbons (Fsp3) is 0.917. The Hall–Kier alpha value is -1.02. The van der Waals surface area contributed by atoms with Gasteiger partial charge in [-0.05, 0) is 6.42 Å². The van der Waals surface area contributed by atoms with E-state index in [1.807, 2.05) is 0 Å². The quantitative estimate of drug-likeness (QED) is 0.157. The molecule has 184 valence electrons. The highest BCUT2D eigenvalue weighted by molar-refractivity contribution is 5.86. The minimum atomic E-state index is -1.79. The molecule has 7 nitrogen and oxygen atoms in total. The summed E-state index contributed by atoms with van der Waals surface area (Å²) < 4.78 is 5.10. The minimum absolute atomic E-state index is 0.00961. The number of carbonyl (C=O) groups excluding carboxylic acids is 2. The van der Waals surface area contributed by atoms with Crippen molar-refractivity contribution < 1.29 is 34.8 Å². The zero-order chi connectivity index (χ0) is 23.5. The van der Waals surface area contributed by atoms with Crippen LogP contribution in [0.2, 0.25) is 0 Å². The highest BCUT2D eigenvalue weighted by atomic mass is 16.6. The molecule has 0 radical (unpaired) electrons. The summed E-state index contributed by atoms with van der Waals surface area (Å²) in [5.74, 6) is -1.16. The normalized spacial score (nSPS) is 15.3. The lowest BCUT2D eigenvalue weighted by Crippen LogP contribution is -2.50.